The molecule has 0 aliphatic heterocycles. The molecule has 0 saturated carbocycles. The number of nitrogens with two attached hydrogens (primary N) is 1. The van der Waals surface area contributed by atoms with Crippen LogP contribution in [0.1, 0.15) is 5.82 Å². The highest BCUT2D eigenvalue weighted by atomic mass is 32.2. The van der Waals surface area contributed by atoms with Crippen molar-refractivity contribution < 1.29 is 8.42 Å². The van der Waals surface area contributed by atoms with Crippen LogP contribution in [-0.2, 0) is 30.0 Å². The van der Waals surface area contributed by atoms with E-state index in [-0.39, 0.29) is 11.4 Å². The van der Waals surface area contributed by atoms with Gasteiger partial charge in [-0.25, -0.2) is 18.1 Å². The van der Waals surface area contributed by atoms with Gasteiger partial charge >= 0.3 is 0 Å². The molecule has 0 unspecified atom stereocenters. The summed E-state index contributed by atoms with van der Waals surface area (Å²) in [6.45, 7) is 1.19. The SMILES string of the molecule is Cn1ccnc1CCNS(=O)(=O)c1cnn(CCN)c1. The van der Waals surface area contributed by atoms with Crippen molar-refractivity contribution in [2.75, 3.05) is 13.1 Å². The molecule has 0 saturated heterocycles. The molecule has 0 radical (unpaired) electrons. The fourth-order valence-electron chi connectivity index (χ4n) is 1.76. The van der Waals surface area contributed by atoms with Crippen molar-refractivity contribution in [3.05, 3.63) is 30.6 Å². The number of nitrogens with zero attached hydrogens (tertiary/aromatic N) is 4. The van der Waals surface area contributed by atoms with Gasteiger partial charge in [0.2, 0.25) is 10.0 Å². The molecule has 0 aromatic carbocycles. The minimum Gasteiger partial charge on any atom is -0.338 e. The molecule has 8 nitrogen and oxygen atoms in total. The second kappa shape index (κ2) is 6.16. The third-order valence-electron chi connectivity index (χ3n) is 2.84. The maximum Gasteiger partial charge on any atom is 0.243 e. The molecular weight excluding hydrogens is 280 g/mol. The number of hydrogen-bond donors (Lipinski definition) is 2. The van der Waals surface area contributed by atoms with Crippen LogP contribution in [0.3, 0.4) is 0 Å². The van der Waals surface area contributed by atoms with Gasteiger partial charge in [-0.3, -0.25) is 4.68 Å². The Kier molecular flexibility index (Phi) is 4.53. The van der Waals surface area contributed by atoms with Crippen molar-refractivity contribution in [1.29, 1.82) is 0 Å². The molecular formula is C11H18N6O2S. The fourth-order valence-corrected chi connectivity index (χ4v) is 2.74. The lowest BCUT2D eigenvalue weighted by Crippen LogP contribution is -2.26. The molecule has 0 fully saturated rings. The second-order valence-electron chi connectivity index (χ2n) is 4.33. The summed E-state index contributed by atoms with van der Waals surface area (Å²) in [5.41, 5.74) is 5.39. The molecule has 3 N–H and O–H groups in total. The number of hydrogen-bond acceptors (Lipinski definition) is 5. The predicted octanol–water partition coefficient (Wildman–Crippen LogP) is -0.904. The maximum atomic E-state index is 12.0. The summed E-state index contributed by atoms with van der Waals surface area (Å²) < 4.78 is 30.0. The van der Waals surface area contributed by atoms with Gasteiger partial charge < -0.3 is 10.3 Å². The normalized spacial score (nSPS) is 11.9. The number of aromatic nitrogens is 4. The Morgan fingerprint density at radius 1 is 1.45 bits per heavy atom. The molecule has 20 heavy (non-hydrogen) atoms. The van der Waals surface area contributed by atoms with Gasteiger partial charge in [-0.05, 0) is 0 Å². The first-order valence-corrected chi connectivity index (χ1v) is 7.69. The second-order valence-corrected chi connectivity index (χ2v) is 6.10. The van der Waals surface area contributed by atoms with Gasteiger partial charge in [-0.1, -0.05) is 0 Å². The number of rotatable bonds is 7. The summed E-state index contributed by atoms with van der Waals surface area (Å²) in [5, 5.41) is 3.95. The van der Waals surface area contributed by atoms with E-state index in [4.69, 9.17) is 5.73 Å². The fraction of sp³-hybridized carbons (Fsp3) is 0.455. The number of imidazole rings is 1. The van der Waals surface area contributed by atoms with Crippen molar-refractivity contribution in [3.63, 3.8) is 0 Å². The zero-order valence-corrected chi connectivity index (χ0v) is 12.0. The highest BCUT2D eigenvalue weighted by molar-refractivity contribution is 7.89. The maximum absolute atomic E-state index is 12.0. The van der Waals surface area contributed by atoms with Gasteiger partial charge in [-0.15, -0.1) is 0 Å². The molecule has 0 amide bonds. The Morgan fingerprint density at radius 3 is 2.90 bits per heavy atom. The van der Waals surface area contributed by atoms with E-state index in [2.05, 4.69) is 14.8 Å². The summed E-state index contributed by atoms with van der Waals surface area (Å²) in [6.07, 6.45) is 6.82. The molecule has 2 heterocycles. The van der Waals surface area contributed by atoms with E-state index >= 15 is 0 Å². The Balaban J connectivity index is 1.95. The minimum atomic E-state index is -3.54. The first-order chi connectivity index (χ1) is 9.53. The largest absolute Gasteiger partial charge is 0.338 e. The van der Waals surface area contributed by atoms with E-state index in [9.17, 15) is 8.42 Å². The zero-order valence-electron chi connectivity index (χ0n) is 11.2. The predicted molar refractivity (Wildman–Crippen MR) is 73.4 cm³/mol. The first-order valence-electron chi connectivity index (χ1n) is 6.21. The summed E-state index contributed by atoms with van der Waals surface area (Å²) in [7, 11) is -1.67. The molecule has 2 aromatic heterocycles. The molecule has 0 atom stereocenters. The van der Waals surface area contributed by atoms with Crippen LogP contribution >= 0.6 is 0 Å². The number of sulfonamides is 1. The zero-order chi connectivity index (χ0) is 14.6. The van der Waals surface area contributed by atoms with Gasteiger partial charge in [0.1, 0.15) is 10.7 Å². The lowest BCUT2D eigenvalue weighted by atomic mass is 10.4. The summed E-state index contributed by atoms with van der Waals surface area (Å²) in [6, 6.07) is 0. The molecule has 2 rings (SSSR count). The molecule has 2 aromatic rings. The third-order valence-corrected chi connectivity index (χ3v) is 4.26. The molecule has 110 valence electrons. The quantitative estimate of drug-likeness (QED) is 0.688. The van der Waals surface area contributed by atoms with Gasteiger partial charge in [0.15, 0.2) is 0 Å². The van der Waals surface area contributed by atoms with Crippen LogP contribution in [0.4, 0.5) is 0 Å². The molecule has 0 aliphatic rings. The van der Waals surface area contributed by atoms with Crippen molar-refractivity contribution >= 4 is 10.0 Å². The minimum absolute atomic E-state index is 0.144. The van der Waals surface area contributed by atoms with E-state index in [0.29, 0.717) is 19.5 Å². The van der Waals surface area contributed by atoms with E-state index in [1.807, 2.05) is 17.8 Å². The molecule has 0 aliphatic carbocycles. The topological polar surface area (TPSA) is 108 Å². The van der Waals surface area contributed by atoms with Gasteiger partial charge in [-0.2, -0.15) is 5.10 Å². The van der Waals surface area contributed by atoms with Crippen molar-refractivity contribution in [2.45, 2.75) is 17.9 Å². The number of aryl methyl sites for hydroxylation is 1. The highest BCUT2D eigenvalue weighted by Gasteiger charge is 2.16. The van der Waals surface area contributed by atoms with E-state index in [1.54, 1.807) is 6.20 Å². The van der Waals surface area contributed by atoms with Crippen molar-refractivity contribution in [2.24, 2.45) is 12.8 Å². The van der Waals surface area contributed by atoms with Gasteiger partial charge in [0.25, 0.3) is 0 Å². The van der Waals surface area contributed by atoms with E-state index in [0.717, 1.165) is 5.82 Å². The number of nitrogens with one attached hydrogen (secondary N) is 1. The molecule has 0 bridgehead atoms. The van der Waals surface area contributed by atoms with Crippen molar-refractivity contribution in [3.8, 4) is 0 Å². The monoisotopic (exact) mass is 298 g/mol. The van der Waals surface area contributed by atoms with Crippen molar-refractivity contribution in [1.82, 2.24) is 24.1 Å². The lowest BCUT2D eigenvalue weighted by Gasteiger charge is -2.04. The van der Waals surface area contributed by atoms with Crippen LogP contribution in [0, 0.1) is 0 Å². The van der Waals surface area contributed by atoms with Crippen LogP contribution in [0.2, 0.25) is 0 Å². The smallest absolute Gasteiger partial charge is 0.243 e. The standard InChI is InChI=1S/C11H18N6O2S/c1-16-7-5-13-11(16)2-4-15-20(18,19)10-8-14-17(9-10)6-3-12/h5,7-9,15H,2-4,6,12H2,1H3. The summed E-state index contributed by atoms with van der Waals surface area (Å²) in [4.78, 5) is 4.28. The van der Waals surface area contributed by atoms with Gasteiger partial charge in [0, 0.05) is 45.1 Å². The first kappa shape index (κ1) is 14.7. The average molecular weight is 298 g/mol. The van der Waals surface area contributed by atoms with Gasteiger partial charge in [0.05, 0.1) is 12.7 Å². The van der Waals surface area contributed by atoms with Crippen LogP contribution < -0.4 is 10.5 Å². The Hall–Kier alpha value is -1.71. The Bertz CT molecular complexity index is 660. The van der Waals surface area contributed by atoms with E-state index < -0.39 is 10.0 Å². The third kappa shape index (κ3) is 3.44. The van der Waals surface area contributed by atoms with Crippen LogP contribution in [0.15, 0.2) is 29.7 Å². The van der Waals surface area contributed by atoms with Crippen LogP contribution in [0.25, 0.3) is 0 Å². The lowest BCUT2D eigenvalue weighted by molar-refractivity contribution is 0.579. The van der Waals surface area contributed by atoms with Crippen LogP contribution in [0.5, 0.6) is 0 Å². The Morgan fingerprint density at radius 2 is 2.25 bits per heavy atom. The Labute approximate surface area is 117 Å². The van der Waals surface area contributed by atoms with E-state index in [1.165, 1.54) is 17.1 Å². The molecule has 0 spiro atoms. The highest BCUT2D eigenvalue weighted by Crippen LogP contribution is 2.06. The average Bonchev–Trinajstić information content (AvgIpc) is 3.00. The van der Waals surface area contributed by atoms with Crippen LogP contribution in [-0.4, -0.2) is 40.8 Å². The molecule has 9 heteroatoms. The summed E-state index contributed by atoms with van der Waals surface area (Å²) in [5.74, 6) is 0.825. The summed E-state index contributed by atoms with van der Waals surface area (Å²) >= 11 is 0.